The van der Waals surface area contributed by atoms with Crippen molar-refractivity contribution in [1.82, 2.24) is 24.9 Å². The van der Waals surface area contributed by atoms with Gasteiger partial charge in [0.25, 0.3) is 11.3 Å². The van der Waals surface area contributed by atoms with Gasteiger partial charge in [-0.05, 0) is 6.92 Å². The predicted molar refractivity (Wildman–Crippen MR) is 60.3 cm³/mol. The maximum atomic E-state index is 11.6. The summed E-state index contributed by atoms with van der Waals surface area (Å²) in [6.45, 7) is 6.48. The third kappa shape index (κ3) is 2.11. The number of hydrogen-bond donors (Lipinski definition) is 2. The Bertz CT molecular complexity index is 554. The highest BCUT2D eigenvalue weighted by Crippen LogP contribution is 1.96. The lowest BCUT2D eigenvalue weighted by Crippen LogP contribution is -2.22. The molecule has 2 heterocycles. The second-order valence-electron chi connectivity index (χ2n) is 4.08. The maximum absolute atomic E-state index is 11.6. The van der Waals surface area contributed by atoms with Crippen LogP contribution in [-0.4, -0.2) is 25.6 Å². The molecule has 6 heteroatoms. The molecule has 6 nitrogen and oxygen atoms in total. The standard InChI is InChI=1S/C10H15N5O/c1-6(2)11-5-8-13-10-12-7(3)4-9(16)15(10)14-8/h4,6,11H,5H2,1-3H3,(H,12,13,14). The summed E-state index contributed by atoms with van der Waals surface area (Å²) in [6.07, 6.45) is 0. The van der Waals surface area contributed by atoms with Crippen molar-refractivity contribution < 1.29 is 0 Å². The van der Waals surface area contributed by atoms with E-state index in [1.807, 2.05) is 0 Å². The topological polar surface area (TPSA) is 75.1 Å². The van der Waals surface area contributed by atoms with Gasteiger partial charge < -0.3 is 5.32 Å². The fraction of sp³-hybridized carbons (Fsp3) is 0.500. The molecule has 2 aromatic heterocycles. The first kappa shape index (κ1) is 10.8. The first-order chi connectivity index (χ1) is 7.56. The molecule has 0 radical (unpaired) electrons. The second kappa shape index (κ2) is 4.05. The zero-order valence-corrected chi connectivity index (χ0v) is 9.61. The Morgan fingerprint density at radius 1 is 1.50 bits per heavy atom. The zero-order chi connectivity index (χ0) is 11.7. The maximum Gasteiger partial charge on any atom is 0.274 e. The van der Waals surface area contributed by atoms with Gasteiger partial charge in [-0.1, -0.05) is 13.8 Å². The van der Waals surface area contributed by atoms with Crippen LogP contribution in [0.15, 0.2) is 10.9 Å². The molecule has 2 rings (SSSR count). The number of aromatic amines is 1. The molecule has 0 amide bonds. The lowest BCUT2D eigenvalue weighted by Gasteiger charge is -2.03. The zero-order valence-electron chi connectivity index (χ0n) is 9.61. The number of rotatable bonds is 3. The Hall–Kier alpha value is -1.69. The number of hydrogen-bond acceptors (Lipinski definition) is 4. The summed E-state index contributed by atoms with van der Waals surface area (Å²) < 4.78 is 1.35. The summed E-state index contributed by atoms with van der Waals surface area (Å²) in [5.41, 5.74) is 0.547. The molecule has 0 aliphatic carbocycles. The van der Waals surface area contributed by atoms with Crippen molar-refractivity contribution in [2.24, 2.45) is 0 Å². The van der Waals surface area contributed by atoms with E-state index in [-0.39, 0.29) is 5.56 Å². The minimum absolute atomic E-state index is 0.134. The first-order valence-corrected chi connectivity index (χ1v) is 5.25. The van der Waals surface area contributed by atoms with Crippen molar-refractivity contribution in [2.45, 2.75) is 33.4 Å². The SMILES string of the molecule is Cc1cc(=O)n2[nH]c(CNC(C)C)nc2n1. The van der Waals surface area contributed by atoms with Crippen LogP contribution in [0.3, 0.4) is 0 Å². The Balaban J connectivity index is 2.36. The molecule has 86 valence electrons. The number of fused-ring (bicyclic) bond motifs is 1. The van der Waals surface area contributed by atoms with Crippen LogP contribution in [0.1, 0.15) is 25.4 Å². The van der Waals surface area contributed by atoms with Gasteiger partial charge in [0.05, 0.1) is 6.54 Å². The largest absolute Gasteiger partial charge is 0.308 e. The lowest BCUT2D eigenvalue weighted by atomic mass is 10.4. The molecule has 0 aliphatic heterocycles. The molecule has 0 atom stereocenters. The number of nitrogens with one attached hydrogen (secondary N) is 2. The van der Waals surface area contributed by atoms with Crippen LogP contribution in [0.5, 0.6) is 0 Å². The minimum Gasteiger partial charge on any atom is -0.308 e. The summed E-state index contributed by atoms with van der Waals surface area (Å²) in [5.74, 6) is 1.13. The van der Waals surface area contributed by atoms with Gasteiger partial charge in [-0.3, -0.25) is 9.89 Å². The van der Waals surface area contributed by atoms with Crippen molar-refractivity contribution in [3.05, 3.63) is 27.9 Å². The molecular formula is C10H15N5O. The van der Waals surface area contributed by atoms with Gasteiger partial charge in [0, 0.05) is 17.8 Å². The first-order valence-electron chi connectivity index (χ1n) is 5.25. The molecule has 0 aromatic carbocycles. The Morgan fingerprint density at radius 3 is 2.94 bits per heavy atom. The predicted octanol–water partition coefficient (Wildman–Crippen LogP) is 0.224. The van der Waals surface area contributed by atoms with E-state index in [2.05, 4.69) is 34.2 Å². The van der Waals surface area contributed by atoms with Crippen molar-refractivity contribution in [2.75, 3.05) is 0 Å². The molecule has 0 unspecified atom stereocenters. The van der Waals surface area contributed by atoms with E-state index >= 15 is 0 Å². The van der Waals surface area contributed by atoms with E-state index in [9.17, 15) is 4.79 Å². The Morgan fingerprint density at radius 2 is 2.25 bits per heavy atom. The average molecular weight is 221 g/mol. The van der Waals surface area contributed by atoms with E-state index in [1.165, 1.54) is 10.6 Å². The number of aryl methyl sites for hydroxylation is 1. The van der Waals surface area contributed by atoms with Gasteiger partial charge in [0.15, 0.2) is 0 Å². The normalized spacial score (nSPS) is 11.5. The molecule has 0 aliphatic rings. The monoisotopic (exact) mass is 221 g/mol. The lowest BCUT2D eigenvalue weighted by molar-refractivity contribution is 0.572. The molecular weight excluding hydrogens is 206 g/mol. The summed E-state index contributed by atoms with van der Waals surface area (Å²) in [7, 11) is 0. The molecule has 16 heavy (non-hydrogen) atoms. The highest BCUT2D eigenvalue weighted by atomic mass is 16.1. The van der Waals surface area contributed by atoms with E-state index < -0.39 is 0 Å². The summed E-state index contributed by atoms with van der Waals surface area (Å²) >= 11 is 0. The fourth-order valence-electron chi connectivity index (χ4n) is 1.42. The van der Waals surface area contributed by atoms with Crippen LogP contribution in [0.25, 0.3) is 5.78 Å². The third-order valence-electron chi connectivity index (χ3n) is 2.18. The highest BCUT2D eigenvalue weighted by Gasteiger charge is 2.06. The van der Waals surface area contributed by atoms with Crippen LogP contribution >= 0.6 is 0 Å². The van der Waals surface area contributed by atoms with Crippen LogP contribution in [-0.2, 0) is 6.54 Å². The van der Waals surface area contributed by atoms with Gasteiger partial charge in [-0.15, -0.1) is 0 Å². The molecule has 2 N–H and O–H groups in total. The van der Waals surface area contributed by atoms with Crippen LogP contribution in [0, 0.1) is 6.92 Å². The van der Waals surface area contributed by atoms with E-state index in [4.69, 9.17) is 0 Å². The van der Waals surface area contributed by atoms with Crippen LogP contribution in [0.4, 0.5) is 0 Å². The van der Waals surface area contributed by atoms with E-state index in [0.29, 0.717) is 29.9 Å². The van der Waals surface area contributed by atoms with Crippen molar-refractivity contribution in [3.63, 3.8) is 0 Å². The average Bonchev–Trinajstić information content (AvgIpc) is 2.57. The summed E-state index contributed by atoms with van der Waals surface area (Å²) in [4.78, 5) is 20.0. The molecule has 0 saturated heterocycles. The fourth-order valence-corrected chi connectivity index (χ4v) is 1.42. The van der Waals surface area contributed by atoms with E-state index in [0.717, 1.165) is 0 Å². The number of nitrogens with zero attached hydrogens (tertiary/aromatic N) is 3. The van der Waals surface area contributed by atoms with Crippen molar-refractivity contribution in [3.8, 4) is 0 Å². The smallest absolute Gasteiger partial charge is 0.274 e. The summed E-state index contributed by atoms with van der Waals surface area (Å²) in [6, 6.07) is 1.85. The Kier molecular flexibility index (Phi) is 2.74. The highest BCUT2D eigenvalue weighted by molar-refractivity contribution is 5.27. The van der Waals surface area contributed by atoms with Gasteiger partial charge in [0.2, 0.25) is 0 Å². The van der Waals surface area contributed by atoms with Gasteiger partial charge >= 0.3 is 0 Å². The van der Waals surface area contributed by atoms with Crippen LogP contribution in [0.2, 0.25) is 0 Å². The van der Waals surface area contributed by atoms with E-state index in [1.54, 1.807) is 6.92 Å². The van der Waals surface area contributed by atoms with Gasteiger partial charge in [0.1, 0.15) is 5.82 Å². The summed E-state index contributed by atoms with van der Waals surface area (Å²) in [5, 5.41) is 6.13. The van der Waals surface area contributed by atoms with Crippen molar-refractivity contribution >= 4 is 5.78 Å². The molecule has 0 bridgehead atoms. The minimum atomic E-state index is -0.134. The number of H-pyrrole nitrogens is 1. The second-order valence-corrected chi connectivity index (χ2v) is 4.08. The Labute approximate surface area is 92.7 Å². The van der Waals surface area contributed by atoms with Gasteiger partial charge in [-0.25, -0.2) is 4.98 Å². The molecule has 0 spiro atoms. The molecule has 0 fully saturated rings. The molecule has 0 saturated carbocycles. The molecule has 2 aromatic rings. The van der Waals surface area contributed by atoms with Crippen LogP contribution < -0.4 is 10.9 Å². The quantitative estimate of drug-likeness (QED) is 0.777. The number of aromatic nitrogens is 4. The third-order valence-corrected chi connectivity index (χ3v) is 2.18. The van der Waals surface area contributed by atoms with Crippen molar-refractivity contribution in [1.29, 1.82) is 0 Å². The van der Waals surface area contributed by atoms with Gasteiger partial charge in [-0.2, -0.15) is 9.50 Å².